The summed E-state index contributed by atoms with van der Waals surface area (Å²) in [6.45, 7) is 5.29. The molecule has 1 unspecified atom stereocenters. The fourth-order valence-corrected chi connectivity index (χ4v) is 4.18. The number of hydrogen-bond acceptors (Lipinski definition) is 4. The lowest BCUT2D eigenvalue weighted by molar-refractivity contribution is -0.154. The topological polar surface area (TPSA) is 55.8 Å². The highest BCUT2D eigenvalue weighted by Gasteiger charge is 2.13. The van der Waals surface area contributed by atoms with Gasteiger partial charge in [0.1, 0.15) is 6.10 Å². The van der Waals surface area contributed by atoms with E-state index in [1.165, 1.54) is 89.9 Å². The van der Waals surface area contributed by atoms with Gasteiger partial charge >= 0.3 is 5.97 Å². The van der Waals surface area contributed by atoms with Crippen LogP contribution in [-0.4, -0.2) is 37.0 Å². The van der Waals surface area contributed by atoms with E-state index in [2.05, 4.69) is 38.2 Å². The monoisotopic (exact) mass is 508 g/mol. The van der Waals surface area contributed by atoms with Crippen LogP contribution in [0.1, 0.15) is 149 Å². The summed E-state index contributed by atoms with van der Waals surface area (Å²) in [5, 5.41) is 9.46. The lowest BCUT2D eigenvalue weighted by Crippen LogP contribution is -2.27. The fraction of sp³-hybridized carbons (Fsp3) is 0.844. The second-order valence-corrected chi connectivity index (χ2v) is 10.2. The summed E-state index contributed by atoms with van der Waals surface area (Å²) in [5.41, 5.74) is 0. The van der Waals surface area contributed by atoms with Gasteiger partial charge < -0.3 is 14.6 Å². The summed E-state index contributed by atoms with van der Waals surface area (Å²) in [7, 11) is 0. The summed E-state index contributed by atoms with van der Waals surface area (Å²) in [6, 6.07) is 0. The van der Waals surface area contributed by atoms with Crippen molar-refractivity contribution in [1.29, 1.82) is 0 Å². The molecular weight excluding hydrogens is 448 g/mol. The maximum absolute atomic E-state index is 12.0. The Hall–Kier alpha value is -1.13. The minimum atomic E-state index is -0.533. The first kappa shape index (κ1) is 34.9. The number of ether oxygens (including phenoxy) is 2. The molecule has 0 heterocycles. The number of rotatable bonds is 28. The predicted octanol–water partition coefficient (Wildman–Crippen LogP) is 9.25. The molecule has 1 N–H and O–H groups in total. The summed E-state index contributed by atoms with van der Waals surface area (Å²) in [4.78, 5) is 12.0. The molecule has 0 aromatic rings. The second kappa shape index (κ2) is 30.1. The number of aliphatic hydroxyl groups is 1. The van der Waals surface area contributed by atoms with Crippen LogP contribution < -0.4 is 0 Å². The number of unbranched alkanes of at least 4 members (excludes halogenated alkanes) is 16. The van der Waals surface area contributed by atoms with Crippen LogP contribution in [0.4, 0.5) is 0 Å². The van der Waals surface area contributed by atoms with Crippen LogP contribution in [0.5, 0.6) is 0 Å². The number of aliphatic hydroxyl groups excluding tert-OH is 1. The molecule has 0 rings (SSSR count). The Kier molecular flexibility index (Phi) is 29.2. The summed E-state index contributed by atoms with van der Waals surface area (Å²) < 4.78 is 11.0. The average molecular weight is 509 g/mol. The number of allylic oxidation sites excluding steroid dienone is 4. The Bertz CT molecular complexity index is 500. The van der Waals surface area contributed by atoms with Crippen molar-refractivity contribution in [2.75, 3.05) is 19.8 Å². The predicted molar refractivity (Wildman–Crippen MR) is 154 cm³/mol. The van der Waals surface area contributed by atoms with E-state index in [1.807, 2.05) is 0 Å². The van der Waals surface area contributed by atoms with Crippen molar-refractivity contribution < 1.29 is 19.4 Å². The maximum Gasteiger partial charge on any atom is 0.306 e. The molecule has 0 spiro atoms. The van der Waals surface area contributed by atoms with E-state index in [4.69, 9.17) is 9.47 Å². The maximum atomic E-state index is 12.0. The molecule has 0 fully saturated rings. The highest BCUT2D eigenvalue weighted by atomic mass is 16.6. The molecule has 0 saturated heterocycles. The standard InChI is InChI=1S/C32H60O4/c1-3-5-7-9-11-13-14-15-16-17-18-19-20-21-23-25-27-32(34)36-31(29-33)30-35-28-26-24-22-12-10-8-6-4-2/h13-14,16-17,31,33H,3-12,15,18-30H2,1-2H3/b14-13-,17-16-. The van der Waals surface area contributed by atoms with Crippen LogP contribution in [0.3, 0.4) is 0 Å². The Morgan fingerprint density at radius 2 is 1.17 bits per heavy atom. The Morgan fingerprint density at radius 1 is 0.667 bits per heavy atom. The Morgan fingerprint density at radius 3 is 1.75 bits per heavy atom. The van der Waals surface area contributed by atoms with Gasteiger partial charge in [0.05, 0.1) is 13.2 Å². The van der Waals surface area contributed by atoms with Gasteiger partial charge in [-0.2, -0.15) is 0 Å². The first-order valence-corrected chi connectivity index (χ1v) is 15.4. The molecule has 0 amide bonds. The van der Waals surface area contributed by atoms with Crippen LogP contribution in [-0.2, 0) is 14.3 Å². The molecule has 36 heavy (non-hydrogen) atoms. The van der Waals surface area contributed by atoms with E-state index in [-0.39, 0.29) is 12.6 Å². The van der Waals surface area contributed by atoms with Gasteiger partial charge in [0.2, 0.25) is 0 Å². The van der Waals surface area contributed by atoms with E-state index in [1.54, 1.807) is 0 Å². The molecule has 212 valence electrons. The molecule has 0 aromatic heterocycles. The van der Waals surface area contributed by atoms with Crippen molar-refractivity contribution in [3.8, 4) is 0 Å². The van der Waals surface area contributed by atoms with Gasteiger partial charge in [-0.05, 0) is 44.9 Å². The zero-order chi connectivity index (χ0) is 26.4. The summed E-state index contributed by atoms with van der Waals surface area (Å²) >= 11 is 0. The van der Waals surface area contributed by atoms with E-state index in [9.17, 15) is 9.90 Å². The lowest BCUT2D eigenvalue weighted by atomic mass is 10.1. The van der Waals surface area contributed by atoms with Crippen LogP contribution in [0.25, 0.3) is 0 Å². The molecule has 0 saturated carbocycles. The Balaban J connectivity index is 3.50. The average Bonchev–Trinajstić information content (AvgIpc) is 2.88. The first-order valence-electron chi connectivity index (χ1n) is 15.4. The van der Waals surface area contributed by atoms with Crippen LogP contribution in [0.15, 0.2) is 24.3 Å². The summed E-state index contributed by atoms with van der Waals surface area (Å²) in [6.07, 6.45) is 33.4. The van der Waals surface area contributed by atoms with Crippen molar-refractivity contribution in [2.45, 2.75) is 155 Å². The fourth-order valence-electron chi connectivity index (χ4n) is 4.18. The van der Waals surface area contributed by atoms with Gasteiger partial charge in [-0.25, -0.2) is 0 Å². The van der Waals surface area contributed by atoms with Gasteiger partial charge in [-0.1, -0.05) is 122 Å². The smallest absolute Gasteiger partial charge is 0.306 e. The highest BCUT2D eigenvalue weighted by Crippen LogP contribution is 2.11. The van der Waals surface area contributed by atoms with Crippen molar-refractivity contribution in [2.24, 2.45) is 0 Å². The molecule has 0 aliphatic carbocycles. The van der Waals surface area contributed by atoms with Crippen LogP contribution >= 0.6 is 0 Å². The largest absolute Gasteiger partial charge is 0.457 e. The van der Waals surface area contributed by atoms with E-state index in [0.29, 0.717) is 19.6 Å². The van der Waals surface area contributed by atoms with Gasteiger partial charge in [-0.3, -0.25) is 4.79 Å². The number of carbonyl (C=O) groups excluding carboxylic acids is 1. The lowest BCUT2D eigenvalue weighted by Gasteiger charge is -2.15. The quantitative estimate of drug-likeness (QED) is 0.0650. The van der Waals surface area contributed by atoms with E-state index in [0.717, 1.165) is 38.5 Å². The van der Waals surface area contributed by atoms with Crippen molar-refractivity contribution >= 4 is 5.97 Å². The van der Waals surface area contributed by atoms with E-state index < -0.39 is 6.10 Å². The zero-order valence-corrected chi connectivity index (χ0v) is 24.0. The van der Waals surface area contributed by atoms with Gasteiger partial charge in [0.15, 0.2) is 0 Å². The van der Waals surface area contributed by atoms with Crippen molar-refractivity contribution in [3.63, 3.8) is 0 Å². The molecule has 4 nitrogen and oxygen atoms in total. The zero-order valence-electron chi connectivity index (χ0n) is 24.0. The molecule has 0 radical (unpaired) electrons. The molecule has 0 aliphatic heterocycles. The van der Waals surface area contributed by atoms with Gasteiger partial charge in [-0.15, -0.1) is 0 Å². The van der Waals surface area contributed by atoms with Crippen molar-refractivity contribution in [1.82, 2.24) is 0 Å². The molecular formula is C32H60O4. The third kappa shape index (κ3) is 27.5. The van der Waals surface area contributed by atoms with Gasteiger partial charge in [0.25, 0.3) is 0 Å². The number of carbonyl (C=O) groups is 1. The highest BCUT2D eigenvalue weighted by molar-refractivity contribution is 5.69. The SMILES string of the molecule is CCCCCC/C=C\C/C=C\CCCCCCCC(=O)OC(CO)COCCCCCCCCCC. The third-order valence-corrected chi connectivity index (χ3v) is 6.53. The van der Waals surface area contributed by atoms with Crippen molar-refractivity contribution in [3.05, 3.63) is 24.3 Å². The summed E-state index contributed by atoms with van der Waals surface area (Å²) in [5.74, 6) is -0.217. The first-order chi connectivity index (χ1) is 17.7. The molecule has 0 bridgehead atoms. The Labute approximate surface area is 224 Å². The molecule has 0 aromatic carbocycles. The third-order valence-electron chi connectivity index (χ3n) is 6.53. The van der Waals surface area contributed by atoms with Crippen LogP contribution in [0, 0.1) is 0 Å². The molecule has 4 heteroatoms. The number of esters is 1. The van der Waals surface area contributed by atoms with E-state index >= 15 is 0 Å². The molecule has 1 atom stereocenters. The minimum Gasteiger partial charge on any atom is -0.457 e. The minimum absolute atomic E-state index is 0.175. The second-order valence-electron chi connectivity index (χ2n) is 10.2. The number of hydrogen-bond donors (Lipinski definition) is 1. The normalized spacial score (nSPS) is 12.6. The van der Waals surface area contributed by atoms with Crippen LogP contribution in [0.2, 0.25) is 0 Å². The molecule has 0 aliphatic rings. The van der Waals surface area contributed by atoms with Gasteiger partial charge in [0, 0.05) is 13.0 Å².